The van der Waals surface area contributed by atoms with E-state index in [0.717, 1.165) is 55.5 Å². The monoisotopic (exact) mass is 419 g/mol. The molecule has 0 saturated heterocycles. The minimum absolute atomic E-state index is 0.122. The van der Waals surface area contributed by atoms with E-state index in [1.165, 1.54) is 16.7 Å². The third kappa shape index (κ3) is 4.72. The van der Waals surface area contributed by atoms with Crippen molar-refractivity contribution in [2.75, 3.05) is 6.54 Å². The lowest BCUT2D eigenvalue weighted by Gasteiger charge is -2.20. The first-order valence-electron chi connectivity index (χ1n) is 11.7. The van der Waals surface area contributed by atoms with Crippen LogP contribution in [-0.2, 0) is 17.6 Å². The number of aliphatic hydroxyl groups is 1. The standard InChI is InChI=1S/C26H33N3O2/c1-3-7-23-18(2)22-15-16-27-29(26(31)20-8-4-5-9-20)17-6-10-24(22)28-25(23)19-11-13-21(30)14-12-19/h6,10-13,16,20-21,30H,3-5,7-9,14-15,17H2,1-2H3/b10-6-,27-16-. The molecule has 1 saturated carbocycles. The van der Waals surface area contributed by atoms with E-state index < -0.39 is 6.10 Å². The molecule has 31 heavy (non-hydrogen) atoms. The van der Waals surface area contributed by atoms with Gasteiger partial charge in [-0.1, -0.05) is 50.5 Å². The summed E-state index contributed by atoms with van der Waals surface area (Å²) in [6.07, 6.45) is 19.0. The van der Waals surface area contributed by atoms with E-state index in [4.69, 9.17) is 4.98 Å². The smallest absolute Gasteiger partial charge is 0.246 e. The normalized spacial score (nSPS) is 23.5. The average Bonchev–Trinajstić information content (AvgIpc) is 3.33. The Morgan fingerprint density at radius 2 is 2.06 bits per heavy atom. The number of aliphatic hydroxyl groups excluding tert-OH is 1. The quantitative estimate of drug-likeness (QED) is 0.774. The summed E-state index contributed by atoms with van der Waals surface area (Å²) >= 11 is 0. The predicted molar refractivity (Wildman–Crippen MR) is 126 cm³/mol. The van der Waals surface area contributed by atoms with Gasteiger partial charge in [0, 0.05) is 18.6 Å². The Kier molecular flexibility index (Phi) is 6.81. The van der Waals surface area contributed by atoms with Crippen molar-refractivity contribution in [3.05, 3.63) is 52.4 Å². The Morgan fingerprint density at radius 3 is 2.77 bits per heavy atom. The van der Waals surface area contributed by atoms with E-state index in [-0.39, 0.29) is 11.8 Å². The van der Waals surface area contributed by atoms with Crippen LogP contribution in [-0.4, -0.2) is 39.9 Å². The maximum absolute atomic E-state index is 12.9. The number of amides is 1. The lowest BCUT2D eigenvalue weighted by atomic mass is 9.90. The van der Waals surface area contributed by atoms with Gasteiger partial charge in [0.1, 0.15) is 0 Å². The molecule has 1 unspecified atom stereocenters. The molecular weight excluding hydrogens is 386 g/mol. The summed E-state index contributed by atoms with van der Waals surface area (Å²) in [5.74, 6) is 0.272. The first-order chi connectivity index (χ1) is 15.1. The number of hydrazone groups is 1. The van der Waals surface area contributed by atoms with Crippen LogP contribution in [0.2, 0.25) is 0 Å². The second-order valence-corrected chi connectivity index (χ2v) is 8.81. The Morgan fingerprint density at radius 1 is 1.26 bits per heavy atom. The van der Waals surface area contributed by atoms with Crippen molar-refractivity contribution >= 4 is 23.8 Å². The molecule has 0 radical (unpaired) electrons. The van der Waals surface area contributed by atoms with Gasteiger partial charge in [-0.2, -0.15) is 5.10 Å². The number of fused-ring (bicyclic) bond motifs is 1. The van der Waals surface area contributed by atoms with Crippen LogP contribution in [0.3, 0.4) is 0 Å². The largest absolute Gasteiger partial charge is 0.389 e. The summed E-state index contributed by atoms with van der Waals surface area (Å²) in [6.45, 7) is 4.85. The third-order valence-electron chi connectivity index (χ3n) is 6.61. The summed E-state index contributed by atoms with van der Waals surface area (Å²) in [4.78, 5) is 18.0. The molecule has 0 aromatic carbocycles. The van der Waals surface area contributed by atoms with Crippen molar-refractivity contribution in [3.63, 3.8) is 0 Å². The maximum atomic E-state index is 12.9. The zero-order chi connectivity index (χ0) is 21.8. The van der Waals surface area contributed by atoms with Crippen molar-refractivity contribution in [1.82, 2.24) is 9.99 Å². The Balaban J connectivity index is 1.68. The number of carbonyl (C=O) groups is 1. The van der Waals surface area contributed by atoms with Crippen LogP contribution in [0.5, 0.6) is 0 Å². The molecular formula is C26H33N3O2. The van der Waals surface area contributed by atoms with Gasteiger partial charge in [0.05, 0.1) is 24.0 Å². The molecule has 5 heteroatoms. The zero-order valence-electron chi connectivity index (χ0n) is 18.7. The molecule has 1 amide bonds. The average molecular weight is 420 g/mol. The van der Waals surface area contributed by atoms with Crippen LogP contribution in [0.15, 0.2) is 29.4 Å². The first kappa shape index (κ1) is 21.7. The van der Waals surface area contributed by atoms with Gasteiger partial charge in [-0.3, -0.25) is 4.79 Å². The molecule has 4 rings (SSSR count). The fraction of sp³-hybridized carbons (Fsp3) is 0.500. The van der Waals surface area contributed by atoms with Crippen molar-refractivity contribution in [3.8, 4) is 0 Å². The minimum atomic E-state index is -0.410. The van der Waals surface area contributed by atoms with Crippen molar-refractivity contribution in [1.29, 1.82) is 0 Å². The topological polar surface area (TPSA) is 65.8 Å². The van der Waals surface area contributed by atoms with Crippen molar-refractivity contribution in [2.24, 2.45) is 11.0 Å². The second kappa shape index (κ2) is 9.73. The molecule has 5 nitrogen and oxygen atoms in total. The lowest BCUT2D eigenvalue weighted by Crippen LogP contribution is -2.31. The molecule has 1 N–H and O–H groups in total. The highest BCUT2D eigenvalue weighted by molar-refractivity contribution is 5.81. The molecule has 2 heterocycles. The fourth-order valence-corrected chi connectivity index (χ4v) is 4.85. The Bertz CT molecular complexity index is 952. The number of aromatic nitrogens is 1. The molecule has 2 aliphatic carbocycles. The van der Waals surface area contributed by atoms with Gasteiger partial charge in [0.2, 0.25) is 5.91 Å². The van der Waals surface area contributed by atoms with Gasteiger partial charge in [-0.25, -0.2) is 9.99 Å². The van der Waals surface area contributed by atoms with Gasteiger partial charge in [-0.15, -0.1) is 0 Å². The molecule has 0 bridgehead atoms. The molecule has 3 aliphatic rings. The Hall–Kier alpha value is -2.53. The summed E-state index contributed by atoms with van der Waals surface area (Å²) in [5.41, 5.74) is 6.76. The highest BCUT2D eigenvalue weighted by Gasteiger charge is 2.27. The maximum Gasteiger partial charge on any atom is 0.246 e. The van der Waals surface area contributed by atoms with Crippen LogP contribution < -0.4 is 0 Å². The number of hydrogen-bond donors (Lipinski definition) is 1. The highest BCUT2D eigenvalue weighted by Crippen LogP contribution is 2.31. The van der Waals surface area contributed by atoms with Crippen molar-refractivity contribution in [2.45, 2.75) is 71.3 Å². The van der Waals surface area contributed by atoms with Crippen LogP contribution in [0, 0.1) is 12.8 Å². The molecule has 1 fully saturated rings. The van der Waals surface area contributed by atoms with Crippen LogP contribution in [0.25, 0.3) is 11.6 Å². The van der Waals surface area contributed by atoms with Gasteiger partial charge < -0.3 is 5.11 Å². The molecule has 164 valence electrons. The number of carbonyl (C=O) groups excluding carboxylic acids is 1. The summed E-state index contributed by atoms with van der Waals surface area (Å²) in [6, 6.07) is 0. The predicted octanol–water partition coefficient (Wildman–Crippen LogP) is 4.62. The highest BCUT2D eigenvalue weighted by atomic mass is 16.3. The summed E-state index contributed by atoms with van der Waals surface area (Å²) in [5, 5.41) is 16.0. The van der Waals surface area contributed by atoms with E-state index >= 15 is 0 Å². The van der Waals surface area contributed by atoms with E-state index in [1.807, 2.05) is 30.5 Å². The molecule has 1 atom stereocenters. The lowest BCUT2D eigenvalue weighted by molar-refractivity contribution is -0.134. The van der Waals surface area contributed by atoms with Gasteiger partial charge >= 0.3 is 0 Å². The van der Waals surface area contributed by atoms with E-state index in [0.29, 0.717) is 19.4 Å². The van der Waals surface area contributed by atoms with Gasteiger partial charge in [0.15, 0.2) is 0 Å². The number of pyridine rings is 1. The van der Waals surface area contributed by atoms with E-state index in [9.17, 15) is 9.90 Å². The van der Waals surface area contributed by atoms with Crippen LogP contribution in [0.4, 0.5) is 0 Å². The van der Waals surface area contributed by atoms with E-state index in [2.05, 4.69) is 25.0 Å². The number of allylic oxidation sites excluding steroid dienone is 2. The number of rotatable bonds is 4. The van der Waals surface area contributed by atoms with Crippen molar-refractivity contribution < 1.29 is 9.90 Å². The molecule has 1 aromatic heterocycles. The molecule has 1 aromatic rings. The minimum Gasteiger partial charge on any atom is -0.389 e. The van der Waals surface area contributed by atoms with Gasteiger partial charge in [0.25, 0.3) is 0 Å². The number of hydrogen-bond acceptors (Lipinski definition) is 4. The first-order valence-corrected chi connectivity index (χ1v) is 11.7. The molecule has 0 spiro atoms. The number of nitrogens with zero attached hydrogens (tertiary/aromatic N) is 3. The SMILES string of the molecule is CCCc1c(C2=CCC(O)C=C2)nc2c(c1C)C/C=N\N(C(=O)C1CCCC1)C/C=C\2. The van der Waals surface area contributed by atoms with Gasteiger partial charge in [-0.05, 0) is 60.9 Å². The summed E-state index contributed by atoms with van der Waals surface area (Å²) < 4.78 is 0. The zero-order valence-corrected chi connectivity index (χ0v) is 18.7. The van der Waals surface area contributed by atoms with Crippen LogP contribution in [0.1, 0.15) is 73.5 Å². The second-order valence-electron chi connectivity index (χ2n) is 8.81. The Labute approximate surface area is 185 Å². The summed E-state index contributed by atoms with van der Waals surface area (Å²) in [7, 11) is 0. The molecule has 1 aliphatic heterocycles. The fourth-order valence-electron chi connectivity index (χ4n) is 4.85. The van der Waals surface area contributed by atoms with Crippen LogP contribution >= 0.6 is 0 Å². The third-order valence-corrected chi connectivity index (χ3v) is 6.61. The van der Waals surface area contributed by atoms with E-state index in [1.54, 1.807) is 5.01 Å².